The van der Waals surface area contributed by atoms with Crippen molar-refractivity contribution in [1.82, 2.24) is 0 Å². The maximum absolute atomic E-state index is 13.0. The minimum absolute atomic E-state index is 0.00412. The summed E-state index contributed by atoms with van der Waals surface area (Å²) >= 11 is 12.3. The minimum Gasteiger partial charge on any atom is -0.493 e. The Balaban J connectivity index is 1.34. The third kappa shape index (κ3) is 7.09. The minimum atomic E-state index is -0.527. The highest BCUT2D eigenvalue weighted by Gasteiger charge is 2.33. The molecule has 1 fully saturated rings. The van der Waals surface area contributed by atoms with Gasteiger partial charge in [-0.15, -0.1) is 0 Å². The number of rotatable bonds is 10. The molecule has 7 nitrogen and oxygen atoms in total. The molecule has 2 aliphatic rings. The van der Waals surface area contributed by atoms with Gasteiger partial charge in [0.2, 0.25) is 5.88 Å². The molecule has 1 aliphatic heterocycles. The van der Waals surface area contributed by atoms with Crippen molar-refractivity contribution in [3.8, 4) is 29.1 Å². The highest BCUT2D eigenvalue weighted by molar-refractivity contribution is 6.35. The molecule has 0 bridgehead atoms. The Bertz CT molecular complexity index is 1590. The molecular formula is C35H36Cl2N2O5. The van der Waals surface area contributed by atoms with Gasteiger partial charge in [-0.2, -0.15) is 5.26 Å². The highest BCUT2D eigenvalue weighted by atomic mass is 35.5. The van der Waals surface area contributed by atoms with E-state index in [2.05, 4.69) is 13.0 Å². The van der Waals surface area contributed by atoms with Gasteiger partial charge in [-0.1, -0.05) is 67.6 Å². The number of halogens is 2. The average molecular weight is 636 g/mol. The molecule has 44 heavy (non-hydrogen) atoms. The van der Waals surface area contributed by atoms with Crippen LogP contribution in [0.2, 0.25) is 10.0 Å². The fraction of sp³-hybridized carbons (Fsp3) is 0.371. The third-order valence-electron chi connectivity index (χ3n) is 8.47. The summed E-state index contributed by atoms with van der Waals surface area (Å²) < 4.78 is 23.3. The van der Waals surface area contributed by atoms with Gasteiger partial charge in [0.05, 0.1) is 18.9 Å². The summed E-state index contributed by atoms with van der Waals surface area (Å²) in [6.45, 7) is 2.42. The lowest BCUT2D eigenvalue weighted by Crippen LogP contribution is -2.26. The van der Waals surface area contributed by atoms with Gasteiger partial charge < -0.3 is 24.7 Å². The van der Waals surface area contributed by atoms with Gasteiger partial charge >= 0.3 is 5.97 Å². The second kappa shape index (κ2) is 14.3. The van der Waals surface area contributed by atoms with Crippen LogP contribution < -0.4 is 24.7 Å². The Kier molecular flexibility index (Phi) is 10.2. The van der Waals surface area contributed by atoms with Gasteiger partial charge in [0.15, 0.2) is 11.5 Å². The first kappa shape index (κ1) is 31.6. The molecule has 230 valence electrons. The van der Waals surface area contributed by atoms with Crippen molar-refractivity contribution in [2.75, 3.05) is 7.11 Å². The van der Waals surface area contributed by atoms with E-state index in [1.165, 1.54) is 19.3 Å². The maximum Gasteiger partial charge on any atom is 0.314 e. The molecular weight excluding hydrogens is 599 g/mol. The molecule has 0 radical (unpaired) electrons. The van der Waals surface area contributed by atoms with E-state index in [1.54, 1.807) is 37.4 Å². The number of hydrogen-bond donors (Lipinski definition) is 1. The lowest BCUT2D eigenvalue weighted by molar-refractivity contribution is -0.140. The average Bonchev–Trinajstić information content (AvgIpc) is 3.02. The van der Waals surface area contributed by atoms with Crippen molar-refractivity contribution in [2.24, 2.45) is 17.6 Å². The summed E-state index contributed by atoms with van der Waals surface area (Å²) in [7, 11) is 1.55. The van der Waals surface area contributed by atoms with E-state index in [0.29, 0.717) is 39.0 Å². The van der Waals surface area contributed by atoms with E-state index >= 15 is 0 Å². The number of esters is 1. The van der Waals surface area contributed by atoms with Crippen LogP contribution in [0.4, 0.5) is 0 Å². The van der Waals surface area contributed by atoms with Crippen molar-refractivity contribution in [2.45, 2.75) is 64.4 Å². The van der Waals surface area contributed by atoms with E-state index in [4.69, 9.17) is 47.9 Å². The summed E-state index contributed by atoms with van der Waals surface area (Å²) in [5.74, 6) is 1.66. The number of nitrogens with two attached hydrogens (primary N) is 1. The molecule has 2 N–H and O–H groups in total. The first-order valence-corrected chi connectivity index (χ1v) is 15.7. The van der Waals surface area contributed by atoms with Crippen molar-refractivity contribution in [1.29, 1.82) is 5.26 Å². The topological polar surface area (TPSA) is 104 Å². The van der Waals surface area contributed by atoms with Gasteiger partial charge in [-0.3, -0.25) is 4.79 Å². The molecule has 1 heterocycles. The molecule has 0 amide bonds. The van der Waals surface area contributed by atoms with Crippen molar-refractivity contribution in [3.05, 3.63) is 92.8 Å². The lowest BCUT2D eigenvalue weighted by atomic mass is 9.80. The molecule has 0 aromatic heterocycles. The molecule has 1 aliphatic carbocycles. The molecule has 1 unspecified atom stereocenters. The molecule has 1 saturated carbocycles. The number of benzene rings is 3. The highest BCUT2D eigenvalue weighted by Crippen LogP contribution is 2.45. The van der Waals surface area contributed by atoms with Gasteiger partial charge in [-0.05, 0) is 67.5 Å². The van der Waals surface area contributed by atoms with Crippen molar-refractivity contribution < 1.29 is 23.7 Å². The fourth-order valence-corrected chi connectivity index (χ4v) is 6.46. The van der Waals surface area contributed by atoms with Gasteiger partial charge in [0, 0.05) is 27.2 Å². The number of carbonyl (C=O) groups excluding carboxylic acids is 1. The Morgan fingerprint density at radius 2 is 1.84 bits per heavy atom. The van der Waals surface area contributed by atoms with Gasteiger partial charge in [0.1, 0.15) is 29.7 Å². The lowest BCUT2D eigenvalue weighted by Gasteiger charge is -2.28. The Labute approximate surface area is 268 Å². The second-order valence-electron chi connectivity index (χ2n) is 11.3. The molecule has 9 heteroatoms. The first-order valence-electron chi connectivity index (χ1n) is 15.0. The Hall–Kier alpha value is -3.86. The van der Waals surface area contributed by atoms with E-state index in [9.17, 15) is 10.1 Å². The Morgan fingerprint density at radius 1 is 1.05 bits per heavy atom. The third-order valence-corrected chi connectivity index (χ3v) is 9.06. The van der Waals surface area contributed by atoms with Crippen LogP contribution in [0.1, 0.15) is 74.5 Å². The monoisotopic (exact) mass is 634 g/mol. The molecule has 3 aromatic carbocycles. The smallest absolute Gasteiger partial charge is 0.314 e. The van der Waals surface area contributed by atoms with Crippen LogP contribution >= 0.6 is 23.2 Å². The van der Waals surface area contributed by atoms with Crippen molar-refractivity contribution >= 4 is 29.2 Å². The Morgan fingerprint density at radius 3 is 2.55 bits per heavy atom. The maximum atomic E-state index is 13.0. The molecule has 5 rings (SSSR count). The van der Waals surface area contributed by atoms with E-state index in [-0.39, 0.29) is 30.0 Å². The number of fused-ring (bicyclic) bond motifs is 1. The summed E-state index contributed by atoms with van der Waals surface area (Å²) in [5.41, 5.74) is 8.76. The van der Waals surface area contributed by atoms with E-state index in [0.717, 1.165) is 42.4 Å². The fourth-order valence-electron chi connectivity index (χ4n) is 6.00. The summed E-state index contributed by atoms with van der Waals surface area (Å²) in [6.07, 6.45) is 7.52. The number of nitrogens with zero attached hydrogens (tertiary/aromatic N) is 1. The van der Waals surface area contributed by atoms with Gasteiger partial charge in [0.25, 0.3) is 0 Å². The quantitative estimate of drug-likeness (QED) is 0.176. The van der Waals surface area contributed by atoms with Crippen LogP contribution in [-0.4, -0.2) is 13.1 Å². The predicted octanol–water partition coefficient (Wildman–Crippen LogP) is 8.70. The number of unbranched alkanes of at least 4 members (excludes halogenated alkanes) is 1. The zero-order chi connectivity index (χ0) is 31.2. The van der Waals surface area contributed by atoms with Crippen LogP contribution in [0.15, 0.2) is 66.1 Å². The van der Waals surface area contributed by atoms with E-state index in [1.807, 2.05) is 24.3 Å². The van der Waals surface area contributed by atoms with Crippen LogP contribution in [0, 0.1) is 23.2 Å². The number of carbonyl (C=O) groups is 1. The summed E-state index contributed by atoms with van der Waals surface area (Å²) in [4.78, 5) is 13.0. The predicted molar refractivity (Wildman–Crippen MR) is 170 cm³/mol. The number of nitriles is 1. The normalized spacial score (nSPS) is 19.4. The number of hydrogen-bond acceptors (Lipinski definition) is 7. The molecule has 0 spiro atoms. The van der Waals surface area contributed by atoms with Crippen molar-refractivity contribution in [3.63, 3.8) is 0 Å². The number of ether oxygens (including phenoxy) is 4. The zero-order valence-corrected chi connectivity index (χ0v) is 26.4. The van der Waals surface area contributed by atoms with Crippen LogP contribution in [0.5, 0.6) is 23.0 Å². The van der Waals surface area contributed by atoms with Crippen LogP contribution in [-0.2, 0) is 11.4 Å². The molecule has 1 atom stereocenters. The van der Waals surface area contributed by atoms with E-state index < -0.39 is 5.92 Å². The first-order chi connectivity index (χ1) is 21.3. The van der Waals surface area contributed by atoms with Crippen LogP contribution in [0.25, 0.3) is 0 Å². The largest absolute Gasteiger partial charge is 0.493 e. The standard InChI is InChI=1S/C35H36Cl2N2O5/c1-3-4-5-21-6-8-22(9-7-21)35(40)43-26-13-14-27-31(18-26)44-34(39)28(19-38)33(27)23-11-15-30(32(16-23)41-2)42-20-24-10-12-25(36)17-29(24)37/h10-18,21-22,33H,3-9,20,39H2,1-2H3. The number of allylic oxidation sites excluding steroid dienone is 1. The number of methoxy groups -OCH3 is 1. The molecule has 0 saturated heterocycles. The summed E-state index contributed by atoms with van der Waals surface area (Å²) in [5, 5.41) is 11.1. The van der Waals surface area contributed by atoms with Crippen LogP contribution in [0.3, 0.4) is 0 Å². The molecule has 3 aromatic rings. The SMILES string of the molecule is CCCCC1CCC(C(=O)Oc2ccc3c(c2)OC(N)=C(C#N)C3c2ccc(OCc3ccc(Cl)cc3Cl)c(OC)c2)CC1. The second-order valence-corrected chi connectivity index (χ2v) is 12.2. The summed E-state index contributed by atoms with van der Waals surface area (Å²) in [6, 6.07) is 18.1. The van der Waals surface area contributed by atoms with Gasteiger partial charge in [-0.25, -0.2) is 0 Å². The zero-order valence-electron chi connectivity index (χ0n) is 24.9.